The monoisotopic (exact) mass is 335 g/mol. The minimum absolute atomic E-state index is 1.03. The predicted octanol–water partition coefficient (Wildman–Crippen LogP) is 3.81. The van der Waals surface area contributed by atoms with Crippen molar-refractivity contribution in [2.24, 2.45) is 0 Å². The van der Waals surface area contributed by atoms with Crippen molar-refractivity contribution in [1.82, 2.24) is 15.0 Å². The van der Waals surface area contributed by atoms with Gasteiger partial charge < -0.3 is 0 Å². The summed E-state index contributed by atoms with van der Waals surface area (Å²) in [5.41, 5.74) is 1.18. The molecule has 3 nitrogen and oxygen atoms in total. The van der Waals surface area contributed by atoms with Gasteiger partial charge in [-0.15, -0.1) is 5.10 Å². The Labute approximate surface area is 112 Å². The van der Waals surface area contributed by atoms with E-state index in [9.17, 15) is 0 Å². The van der Waals surface area contributed by atoms with Crippen LogP contribution in [0.4, 0.5) is 0 Å². The van der Waals surface area contributed by atoms with Gasteiger partial charge in [0.1, 0.15) is 3.70 Å². The van der Waals surface area contributed by atoms with E-state index < -0.39 is 0 Å². The molecule has 0 aliphatic heterocycles. The Morgan fingerprint density at radius 1 is 1.06 bits per heavy atom. The van der Waals surface area contributed by atoms with Crippen LogP contribution in [0.15, 0.2) is 0 Å². The number of hydrogen-bond donors (Lipinski definition) is 0. The van der Waals surface area contributed by atoms with Gasteiger partial charge in [-0.25, -0.2) is 4.68 Å². The summed E-state index contributed by atoms with van der Waals surface area (Å²) in [6, 6.07) is 0. The van der Waals surface area contributed by atoms with Crippen LogP contribution >= 0.6 is 22.6 Å². The highest BCUT2D eigenvalue weighted by Gasteiger charge is 2.08. The number of aromatic nitrogens is 3. The topological polar surface area (TPSA) is 30.7 Å². The molecule has 1 rings (SSSR count). The van der Waals surface area contributed by atoms with Crippen molar-refractivity contribution < 1.29 is 0 Å². The number of aryl methyl sites for hydroxylation is 2. The molecule has 0 radical (unpaired) electrons. The van der Waals surface area contributed by atoms with Crippen LogP contribution in [0.5, 0.6) is 0 Å². The predicted molar refractivity (Wildman–Crippen MR) is 75.5 cm³/mol. The van der Waals surface area contributed by atoms with Crippen molar-refractivity contribution in [2.45, 2.75) is 65.3 Å². The van der Waals surface area contributed by atoms with Gasteiger partial charge in [0.2, 0.25) is 0 Å². The Morgan fingerprint density at radius 2 is 1.81 bits per heavy atom. The zero-order valence-electron chi connectivity index (χ0n) is 10.4. The molecule has 4 heteroatoms. The second kappa shape index (κ2) is 8.03. The number of hydrogen-bond acceptors (Lipinski definition) is 2. The van der Waals surface area contributed by atoms with E-state index in [0.29, 0.717) is 0 Å². The van der Waals surface area contributed by atoms with Crippen molar-refractivity contribution in [2.75, 3.05) is 0 Å². The average molecular weight is 335 g/mol. The first-order valence-corrected chi connectivity index (χ1v) is 7.45. The molecule has 0 spiro atoms. The largest absolute Gasteiger partial charge is 0.239 e. The van der Waals surface area contributed by atoms with Crippen LogP contribution in [0.2, 0.25) is 0 Å². The minimum Gasteiger partial charge on any atom is -0.239 e. The average Bonchev–Trinajstić information content (AvgIpc) is 2.64. The molecule has 1 aromatic rings. The Morgan fingerprint density at radius 3 is 2.50 bits per heavy atom. The van der Waals surface area contributed by atoms with E-state index in [2.05, 4.69) is 51.4 Å². The highest BCUT2D eigenvalue weighted by molar-refractivity contribution is 14.1. The van der Waals surface area contributed by atoms with Crippen LogP contribution in [0.25, 0.3) is 0 Å². The molecule has 0 N–H and O–H groups in total. The van der Waals surface area contributed by atoms with Gasteiger partial charge in [-0.3, -0.25) is 0 Å². The standard InChI is InChI=1S/C12H22IN3/c1-3-5-7-8-10-16-12(13)11(14-15-16)9-6-4-2/h3-10H2,1-2H3. The first kappa shape index (κ1) is 13.9. The number of nitrogens with zero attached hydrogens (tertiary/aromatic N) is 3. The molecule has 0 bridgehead atoms. The summed E-state index contributed by atoms with van der Waals surface area (Å²) in [6.07, 6.45) is 8.65. The lowest BCUT2D eigenvalue weighted by molar-refractivity contribution is 0.520. The number of unbranched alkanes of at least 4 members (excludes halogenated alkanes) is 4. The van der Waals surface area contributed by atoms with Gasteiger partial charge in [-0.05, 0) is 41.9 Å². The van der Waals surface area contributed by atoms with Crippen LogP contribution in [0.3, 0.4) is 0 Å². The van der Waals surface area contributed by atoms with Crippen molar-refractivity contribution in [1.29, 1.82) is 0 Å². The van der Waals surface area contributed by atoms with E-state index in [-0.39, 0.29) is 0 Å². The molecule has 0 aliphatic carbocycles. The van der Waals surface area contributed by atoms with Crippen molar-refractivity contribution in [3.05, 3.63) is 9.39 Å². The normalized spacial score (nSPS) is 10.9. The van der Waals surface area contributed by atoms with E-state index in [1.807, 2.05) is 0 Å². The van der Waals surface area contributed by atoms with Crippen LogP contribution in [-0.2, 0) is 13.0 Å². The lowest BCUT2D eigenvalue weighted by Gasteiger charge is -2.02. The zero-order chi connectivity index (χ0) is 11.8. The second-order valence-electron chi connectivity index (χ2n) is 4.21. The molecule has 1 aromatic heterocycles. The summed E-state index contributed by atoms with van der Waals surface area (Å²) < 4.78 is 3.30. The molecular formula is C12H22IN3. The van der Waals surface area contributed by atoms with E-state index >= 15 is 0 Å². The first-order valence-electron chi connectivity index (χ1n) is 6.37. The SMILES string of the molecule is CCCCCCn1nnc(CCCC)c1I. The Hall–Kier alpha value is -0.130. The van der Waals surface area contributed by atoms with Gasteiger partial charge in [0, 0.05) is 6.54 Å². The maximum atomic E-state index is 4.26. The smallest absolute Gasteiger partial charge is 0.122 e. The van der Waals surface area contributed by atoms with Crippen LogP contribution in [0, 0.1) is 3.70 Å². The van der Waals surface area contributed by atoms with E-state index in [0.717, 1.165) is 13.0 Å². The summed E-state index contributed by atoms with van der Waals surface area (Å²) in [4.78, 5) is 0. The summed E-state index contributed by atoms with van der Waals surface area (Å²) in [7, 11) is 0. The van der Waals surface area contributed by atoms with Gasteiger partial charge >= 0.3 is 0 Å². The lowest BCUT2D eigenvalue weighted by Crippen LogP contribution is -2.03. The van der Waals surface area contributed by atoms with E-state index in [1.54, 1.807) is 0 Å². The lowest BCUT2D eigenvalue weighted by atomic mass is 10.2. The molecule has 1 heterocycles. The summed E-state index contributed by atoms with van der Waals surface area (Å²) >= 11 is 2.37. The number of rotatable bonds is 8. The fourth-order valence-electron chi connectivity index (χ4n) is 1.67. The second-order valence-corrected chi connectivity index (χ2v) is 5.24. The number of halogens is 1. The fourth-order valence-corrected chi connectivity index (χ4v) is 2.38. The molecule has 0 aliphatic rings. The molecule has 92 valence electrons. The molecule has 0 fully saturated rings. The van der Waals surface area contributed by atoms with E-state index in [4.69, 9.17) is 0 Å². The van der Waals surface area contributed by atoms with Crippen LogP contribution in [0.1, 0.15) is 58.1 Å². The summed E-state index contributed by atoms with van der Waals surface area (Å²) in [6.45, 7) is 5.47. The van der Waals surface area contributed by atoms with Gasteiger partial charge in [0.05, 0.1) is 5.69 Å². The van der Waals surface area contributed by atoms with Crippen LogP contribution in [-0.4, -0.2) is 15.0 Å². The quantitative estimate of drug-likeness (QED) is 0.534. The highest BCUT2D eigenvalue weighted by Crippen LogP contribution is 2.13. The Bertz CT molecular complexity index is 296. The van der Waals surface area contributed by atoms with Gasteiger partial charge in [-0.1, -0.05) is 44.7 Å². The van der Waals surface area contributed by atoms with Gasteiger partial charge in [-0.2, -0.15) is 0 Å². The fraction of sp³-hybridized carbons (Fsp3) is 0.833. The zero-order valence-corrected chi connectivity index (χ0v) is 12.5. The van der Waals surface area contributed by atoms with Crippen LogP contribution < -0.4 is 0 Å². The third kappa shape index (κ3) is 4.39. The van der Waals surface area contributed by atoms with Crippen molar-refractivity contribution >= 4 is 22.6 Å². The Kier molecular flexibility index (Phi) is 7.00. The Balaban J connectivity index is 2.38. The maximum absolute atomic E-state index is 4.26. The molecule has 0 aromatic carbocycles. The summed E-state index contributed by atoms with van der Waals surface area (Å²) in [5.74, 6) is 0. The van der Waals surface area contributed by atoms with Crippen molar-refractivity contribution in [3.8, 4) is 0 Å². The highest BCUT2D eigenvalue weighted by atomic mass is 127. The maximum Gasteiger partial charge on any atom is 0.122 e. The molecule has 16 heavy (non-hydrogen) atoms. The molecule has 0 amide bonds. The van der Waals surface area contributed by atoms with Gasteiger partial charge in [0.15, 0.2) is 0 Å². The first-order chi connectivity index (χ1) is 7.79. The molecule has 0 atom stereocenters. The third-order valence-corrected chi connectivity index (χ3v) is 3.91. The molecule has 0 saturated carbocycles. The van der Waals surface area contributed by atoms with E-state index in [1.165, 1.54) is 47.9 Å². The molecule has 0 unspecified atom stereocenters. The summed E-state index contributed by atoms with van der Waals surface area (Å²) in [5, 5.41) is 8.48. The van der Waals surface area contributed by atoms with Crippen molar-refractivity contribution in [3.63, 3.8) is 0 Å². The molecule has 0 saturated heterocycles. The minimum atomic E-state index is 1.03. The third-order valence-electron chi connectivity index (χ3n) is 2.73. The molecular weight excluding hydrogens is 313 g/mol. The van der Waals surface area contributed by atoms with Gasteiger partial charge in [0.25, 0.3) is 0 Å².